The number of aromatic nitrogens is 1. The maximum Gasteiger partial charge on any atom is 0.196 e. The Labute approximate surface area is 114 Å². The molecular weight excluding hydrogens is 263 g/mol. The summed E-state index contributed by atoms with van der Waals surface area (Å²) in [6.45, 7) is 3.51. The third-order valence-electron chi connectivity index (χ3n) is 2.73. The molecule has 1 unspecified atom stereocenters. The van der Waals surface area contributed by atoms with Crippen LogP contribution < -0.4 is 0 Å². The molecule has 2 rings (SSSR count). The second-order valence-electron chi connectivity index (χ2n) is 4.10. The molecule has 0 saturated heterocycles. The molecule has 0 bridgehead atoms. The van der Waals surface area contributed by atoms with Gasteiger partial charge < -0.3 is 0 Å². The van der Waals surface area contributed by atoms with E-state index in [4.69, 9.17) is 0 Å². The van der Waals surface area contributed by atoms with Crippen molar-refractivity contribution in [2.24, 2.45) is 0 Å². The monoisotopic (exact) mass is 274 g/mol. The van der Waals surface area contributed by atoms with Crippen LogP contribution in [0.25, 0.3) is 0 Å². The van der Waals surface area contributed by atoms with Gasteiger partial charge >= 0.3 is 0 Å². The number of Topliss-reactive ketones (excluding diaryl/α,β-unsaturated/α-hetero) is 1. The van der Waals surface area contributed by atoms with Gasteiger partial charge in [-0.2, -0.15) is 5.26 Å². The summed E-state index contributed by atoms with van der Waals surface area (Å²) < 4.78 is 13.7. The van der Waals surface area contributed by atoms with Gasteiger partial charge in [-0.05, 0) is 19.9 Å². The van der Waals surface area contributed by atoms with Crippen molar-refractivity contribution in [1.29, 1.82) is 5.26 Å². The van der Waals surface area contributed by atoms with Gasteiger partial charge in [0.2, 0.25) is 0 Å². The summed E-state index contributed by atoms with van der Waals surface area (Å²) in [7, 11) is 0. The van der Waals surface area contributed by atoms with Crippen LogP contribution in [0.15, 0.2) is 24.3 Å². The zero-order chi connectivity index (χ0) is 14.0. The number of rotatable bonds is 3. The van der Waals surface area contributed by atoms with Crippen LogP contribution in [-0.2, 0) is 0 Å². The largest absolute Gasteiger partial charge is 0.291 e. The molecule has 0 amide bonds. The minimum atomic E-state index is -1.13. The van der Waals surface area contributed by atoms with E-state index in [1.54, 1.807) is 19.9 Å². The molecule has 3 nitrogen and oxygen atoms in total. The SMILES string of the molecule is Cc1nc(C)c(C(=O)C(C#N)c2ccccc2F)s1. The van der Waals surface area contributed by atoms with E-state index >= 15 is 0 Å². The zero-order valence-electron chi connectivity index (χ0n) is 10.5. The van der Waals surface area contributed by atoms with Crippen molar-refractivity contribution < 1.29 is 9.18 Å². The smallest absolute Gasteiger partial charge is 0.196 e. The van der Waals surface area contributed by atoms with Gasteiger partial charge in [0.1, 0.15) is 11.7 Å². The first-order valence-electron chi connectivity index (χ1n) is 5.67. The van der Waals surface area contributed by atoms with Gasteiger partial charge in [0, 0.05) is 5.56 Å². The molecule has 1 aromatic carbocycles. The van der Waals surface area contributed by atoms with Gasteiger partial charge in [-0.3, -0.25) is 4.79 Å². The Morgan fingerprint density at radius 1 is 1.42 bits per heavy atom. The second kappa shape index (κ2) is 5.29. The maximum absolute atomic E-state index is 13.7. The number of halogens is 1. The van der Waals surface area contributed by atoms with Crippen LogP contribution in [0.3, 0.4) is 0 Å². The van der Waals surface area contributed by atoms with Crippen LogP contribution in [0.1, 0.15) is 31.9 Å². The summed E-state index contributed by atoms with van der Waals surface area (Å²) in [5.74, 6) is -2.06. The number of carbonyl (C=O) groups is 1. The summed E-state index contributed by atoms with van der Waals surface area (Å²) in [6, 6.07) is 7.73. The lowest BCUT2D eigenvalue weighted by Crippen LogP contribution is -2.12. The summed E-state index contributed by atoms with van der Waals surface area (Å²) >= 11 is 1.23. The molecule has 0 aliphatic rings. The summed E-state index contributed by atoms with van der Waals surface area (Å²) in [5, 5.41) is 9.94. The Morgan fingerprint density at radius 2 is 2.11 bits per heavy atom. The lowest BCUT2D eigenvalue weighted by atomic mass is 9.94. The minimum absolute atomic E-state index is 0.112. The molecule has 19 heavy (non-hydrogen) atoms. The fourth-order valence-electron chi connectivity index (χ4n) is 1.87. The average molecular weight is 274 g/mol. The van der Waals surface area contributed by atoms with Gasteiger partial charge in [0.15, 0.2) is 5.78 Å². The molecule has 0 fully saturated rings. The molecule has 1 atom stereocenters. The van der Waals surface area contributed by atoms with Crippen molar-refractivity contribution in [2.45, 2.75) is 19.8 Å². The minimum Gasteiger partial charge on any atom is -0.291 e. The normalized spacial score (nSPS) is 11.9. The molecule has 96 valence electrons. The number of hydrogen-bond acceptors (Lipinski definition) is 4. The number of nitriles is 1. The molecular formula is C14H11FN2OS. The van der Waals surface area contributed by atoms with E-state index in [-0.39, 0.29) is 5.56 Å². The topological polar surface area (TPSA) is 53.8 Å². The van der Waals surface area contributed by atoms with Crippen molar-refractivity contribution in [3.05, 3.63) is 51.2 Å². The summed E-state index contributed by atoms with van der Waals surface area (Å²) in [5.41, 5.74) is 0.699. The molecule has 0 aliphatic carbocycles. The fraction of sp³-hybridized carbons (Fsp3) is 0.214. The molecule has 5 heteroatoms. The van der Waals surface area contributed by atoms with Gasteiger partial charge in [-0.25, -0.2) is 9.37 Å². The predicted molar refractivity (Wildman–Crippen MR) is 70.7 cm³/mol. The fourth-order valence-corrected chi connectivity index (χ4v) is 2.76. The Hall–Kier alpha value is -2.06. The van der Waals surface area contributed by atoms with Crippen LogP contribution in [0.2, 0.25) is 0 Å². The van der Waals surface area contributed by atoms with Gasteiger partial charge in [-0.15, -0.1) is 11.3 Å². The van der Waals surface area contributed by atoms with Crippen LogP contribution in [-0.4, -0.2) is 10.8 Å². The third kappa shape index (κ3) is 2.54. The first kappa shape index (κ1) is 13.4. The molecule has 1 heterocycles. The van der Waals surface area contributed by atoms with Crippen molar-refractivity contribution >= 4 is 17.1 Å². The highest BCUT2D eigenvalue weighted by molar-refractivity contribution is 7.13. The van der Waals surface area contributed by atoms with Gasteiger partial charge in [0.05, 0.1) is 21.6 Å². The van der Waals surface area contributed by atoms with E-state index in [0.717, 1.165) is 5.01 Å². The number of thiazole rings is 1. The number of carbonyl (C=O) groups excluding carboxylic acids is 1. The van der Waals surface area contributed by atoms with Crippen LogP contribution in [0, 0.1) is 31.0 Å². The molecule has 0 saturated carbocycles. The van der Waals surface area contributed by atoms with E-state index < -0.39 is 17.5 Å². The van der Waals surface area contributed by atoms with E-state index in [9.17, 15) is 14.4 Å². The lowest BCUT2D eigenvalue weighted by Gasteiger charge is -2.08. The molecule has 1 aromatic heterocycles. The Balaban J connectivity index is 2.44. The number of aryl methyl sites for hydroxylation is 2. The molecule has 0 aliphatic heterocycles. The molecule has 2 aromatic rings. The standard InChI is InChI=1S/C14H11FN2OS/c1-8-14(19-9(2)17-8)13(18)11(7-16)10-5-3-4-6-12(10)15/h3-6,11H,1-2H3. The van der Waals surface area contributed by atoms with Crippen molar-refractivity contribution in [1.82, 2.24) is 4.98 Å². The van der Waals surface area contributed by atoms with E-state index in [1.165, 1.54) is 29.5 Å². The Bertz CT molecular complexity index is 672. The quantitative estimate of drug-likeness (QED) is 0.806. The zero-order valence-corrected chi connectivity index (χ0v) is 11.3. The average Bonchev–Trinajstić information content (AvgIpc) is 2.71. The van der Waals surface area contributed by atoms with E-state index in [0.29, 0.717) is 10.6 Å². The first-order chi connectivity index (χ1) is 9.04. The van der Waals surface area contributed by atoms with Crippen LogP contribution in [0.5, 0.6) is 0 Å². The molecule has 0 spiro atoms. The number of hydrogen-bond donors (Lipinski definition) is 0. The lowest BCUT2D eigenvalue weighted by molar-refractivity contribution is 0.0980. The molecule has 0 radical (unpaired) electrons. The number of benzene rings is 1. The molecule has 0 N–H and O–H groups in total. The Kier molecular flexibility index (Phi) is 3.72. The summed E-state index contributed by atoms with van der Waals surface area (Å²) in [4.78, 5) is 16.9. The highest BCUT2D eigenvalue weighted by Crippen LogP contribution is 2.27. The summed E-state index contributed by atoms with van der Waals surface area (Å²) in [6.07, 6.45) is 0. The van der Waals surface area contributed by atoms with Crippen molar-refractivity contribution in [3.63, 3.8) is 0 Å². The van der Waals surface area contributed by atoms with Crippen molar-refractivity contribution in [3.8, 4) is 6.07 Å². The first-order valence-corrected chi connectivity index (χ1v) is 6.48. The van der Waals surface area contributed by atoms with E-state index in [1.807, 2.05) is 6.07 Å². The predicted octanol–water partition coefficient (Wildman–Crippen LogP) is 3.39. The highest BCUT2D eigenvalue weighted by atomic mass is 32.1. The van der Waals surface area contributed by atoms with E-state index in [2.05, 4.69) is 4.98 Å². The van der Waals surface area contributed by atoms with Gasteiger partial charge in [-0.1, -0.05) is 18.2 Å². The third-order valence-corrected chi connectivity index (χ3v) is 3.82. The highest BCUT2D eigenvalue weighted by Gasteiger charge is 2.27. The second-order valence-corrected chi connectivity index (χ2v) is 5.30. The maximum atomic E-state index is 13.7. The van der Waals surface area contributed by atoms with Gasteiger partial charge in [0.25, 0.3) is 0 Å². The number of nitrogens with zero attached hydrogens (tertiary/aromatic N) is 2. The Morgan fingerprint density at radius 3 is 2.63 bits per heavy atom. The van der Waals surface area contributed by atoms with Crippen LogP contribution >= 0.6 is 11.3 Å². The number of ketones is 1. The van der Waals surface area contributed by atoms with Crippen molar-refractivity contribution in [2.75, 3.05) is 0 Å². The van der Waals surface area contributed by atoms with Crippen LogP contribution in [0.4, 0.5) is 4.39 Å².